The zero-order valence-electron chi connectivity index (χ0n) is 11.0. The van der Waals surface area contributed by atoms with Crippen LogP contribution in [0.15, 0.2) is 41.8 Å². The molecule has 1 aromatic carbocycles. The molecule has 1 atom stereocenters. The van der Waals surface area contributed by atoms with E-state index in [4.69, 9.17) is 0 Å². The molecule has 0 radical (unpaired) electrons. The van der Waals surface area contributed by atoms with Crippen molar-refractivity contribution in [2.45, 2.75) is 44.0 Å². The van der Waals surface area contributed by atoms with Crippen LogP contribution in [-0.4, -0.2) is 14.5 Å². The van der Waals surface area contributed by atoms with Gasteiger partial charge < -0.3 is 0 Å². The van der Waals surface area contributed by atoms with Gasteiger partial charge in [0.15, 0.2) is 0 Å². The smallest absolute Gasteiger partial charge is 0.208 e. The van der Waals surface area contributed by atoms with E-state index in [1.54, 1.807) is 30.3 Å². The third kappa shape index (κ3) is 4.27. The molecule has 1 aromatic rings. The van der Waals surface area contributed by atoms with E-state index in [-0.39, 0.29) is 6.04 Å². The van der Waals surface area contributed by atoms with E-state index in [0.29, 0.717) is 11.3 Å². The highest BCUT2D eigenvalue weighted by molar-refractivity contribution is 7.89. The van der Waals surface area contributed by atoms with Crippen molar-refractivity contribution in [1.82, 2.24) is 4.72 Å². The molecule has 0 heterocycles. The van der Waals surface area contributed by atoms with Crippen LogP contribution < -0.4 is 4.72 Å². The fourth-order valence-corrected chi connectivity index (χ4v) is 3.06. The third-order valence-electron chi connectivity index (χ3n) is 2.74. The minimum absolute atomic E-state index is 0.0706. The van der Waals surface area contributed by atoms with Crippen LogP contribution in [0.4, 0.5) is 0 Å². The summed E-state index contributed by atoms with van der Waals surface area (Å²) < 4.78 is 27.0. The molecule has 0 aliphatic heterocycles. The van der Waals surface area contributed by atoms with Crippen LogP contribution in [0.3, 0.4) is 0 Å². The second-order valence-corrected chi connectivity index (χ2v) is 6.16. The molecule has 0 aliphatic rings. The fourth-order valence-electron chi connectivity index (χ4n) is 1.78. The molecule has 0 bridgehead atoms. The van der Waals surface area contributed by atoms with Crippen molar-refractivity contribution in [3.63, 3.8) is 0 Å². The summed E-state index contributed by atoms with van der Waals surface area (Å²) in [5, 5.41) is 0. The lowest BCUT2D eigenvalue weighted by atomic mass is 10.1. The fraction of sp³-hybridized carbons (Fsp3) is 0.429. The second-order valence-electron chi connectivity index (χ2n) is 4.44. The average Bonchev–Trinajstić information content (AvgIpc) is 2.29. The van der Waals surface area contributed by atoms with Crippen molar-refractivity contribution in [1.29, 1.82) is 0 Å². The number of hydrogen-bond donors (Lipinski definition) is 1. The molecule has 1 N–H and O–H groups in total. The van der Waals surface area contributed by atoms with Crippen LogP contribution in [0.2, 0.25) is 0 Å². The van der Waals surface area contributed by atoms with Gasteiger partial charge in [-0.3, -0.25) is 0 Å². The molecule has 0 saturated heterocycles. The highest BCUT2D eigenvalue weighted by Gasteiger charge is 2.18. The lowest BCUT2D eigenvalue weighted by Crippen LogP contribution is -2.34. The molecule has 0 aromatic heterocycles. The van der Waals surface area contributed by atoms with Crippen LogP contribution in [0.1, 0.15) is 31.7 Å². The zero-order valence-corrected chi connectivity index (χ0v) is 11.8. The van der Waals surface area contributed by atoms with Gasteiger partial charge in [0.2, 0.25) is 10.0 Å². The molecule has 0 fully saturated rings. The van der Waals surface area contributed by atoms with Crippen LogP contribution in [-0.2, 0) is 10.0 Å². The molecule has 0 unspecified atom stereocenters. The number of hydrogen-bond acceptors (Lipinski definition) is 2. The first kappa shape index (κ1) is 14.9. The predicted octanol–water partition coefficient (Wildman–Crippen LogP) is 3.02. The first-order valence-corrected chi connectivity index (χ1v) is 7.67. The topological polar surface area (TPSA) is 46.2 Å². The molecule has 1 rings (SSSR count). The number of aryl methyl sites for hydroxylation is 1. The Morgan fingerprint density at radius 3 is 2.44 bits per heavy atom. The maximum Gasteiger partial charge on any atom is 0.240 e. The summed E-state index contributed by atoms with van der Waals surface area (Å²) in [6, 6.07) is 6.80. The minimum atomic E-state index is -3.42. The lowest BCUT2D eigenvalue weighted by Gasteiger charge is -2.16. The normalized spacial score (nSPS) is 13.2. The third-order valence-corrected chi connectivity index (χ3v) is 4.28. The van der Waals surface area contributed by atoms with Gasteiger partial charge in [-0.05, 0) is 31.9 Å². The number of sulfonamides is 1. The Kier molecular flexibility index (Phi) is 5.56. The van der Waals surface area contributed by atoms with Crippen LogP contribution in [0.25, 0.3) is 0 Å². The molecule has 0 amide bonds. The molecule has 4 heteroatoms. The Labute approximate surface area is 110 Å². The lowest BCUT2D eigenvalue weighted by molar-refractivity contribution is 0.525. The van der Waals surface area contributed by atoms with Crippen molar-refractivity contribution in [2.75, 3.05) is 0 Å². The predicted molar refractivity (Wildman–Crippen MR) is 75.0 cm³/mol. The monoisotopic (exact) mass is 267 g/mol. The van der Waals surface area contributed by atoms with Crippen molar-refractivity contribution in [3.05, 3.63) is 42.5 Å². The average molecular weight is 267 g/mol. The zero-order chi connectivity index (χ0) is 13.6. The first-order valence-electron chi connectivity index (χ1n) is 6.19. The van der Waals surface area contributed by atoms with E-state index >= 15 is 0 Å². The van der Waals surface area contributed by atoms with Crippen molar-refractivity contribution in [2.24, 2.45) is 0 Å². The van der Waals surface area contributed by atoms with Gasteiger partial charge >= 0.3 is 0 Å². The first-order chi connectivity index (χ1) is 8.49. The summed E-state index contributed by atoms with van der Waals surface area (Å²) in [4.78, 5) is 0.318. The Morgan fingerprint density at radius 1 is 1.33 bits per heavy atom. The summed E-state index contributed by atoms with van der Waals surface area (Å²) in [5.41, 5.74) is 1.05. The van der Waals surface area contributed by atoms with Crippen LogP contribution >= 0.6 is 0 Å². The van der Waals surface area contributed by atoms with E-state index in [9.17, 15) is 8.42 Å². The summed E-state index contributed by atoms with van der Waals surface area (Å²) >= 11 is 0. The molecule has 18 heavy (non-hydrogen) atoms. The van der Waals surface area contributed by atoms with Crippen molar-refractivity contribution >= 4 is 10.0 Å². The van der Waals surface area contributed by atoms with E-state index in [1.165, 1.54) is 0 Å². The largest absolute Gasteiger partial charge is 0.240 e. The standard InChI is InChI=1S/C14H21NO2S/c1-4-6-13(7-5-2)15-18(16,17)14-10-8-12(3)9-11-14/h4,8-11,13,15H,1,5-7H2,2-3H3/t13-/m0/s1. The molecule has 0 aliphatic carbocycles. The Morgan fingerprint density at radius 2 is 1.94 bits per heavy atom. The van der Waals surface area contributed by atoms with Crippen molar-refractivity contribution < 1.29 is 8.42 Å². The van der Waals surface area contributed by atoms with Gasteiger partial charge in [-0.25, -0.2) is 13.1 Å². The summed E-state index contributed by atoms with van der Waals surface area (Å²) in [6.07, 6.45) is 4.16. The highest BCUT2D eigenvalue weighted by Crippen LogP contribution is 2.13. The van der Waals surface area contributed by atoms with E-state index in [2.05, 4.69) is 11.3 Å². The molecule has 100 valence electrons. The van der Waals surface area contributed by atoms with E-state index in [1.807, 2.05) is 13.8 Å². The Hall–Kier alpha value is -1.13. The number of nitrogens with one attached hydrogen (secondary N) is 1. The Bertz CT molecular complexity index is 477. The Balaban J connectivity index is 2.85. The van der Waals surface area contributed by atoms with Gasteiger partial charge in [-0.1, -0.05) is 37.1 Å². The van der Waals surface area contributed by atoms with E-state index < -0.39 is 10.0 Å². The van der Waals surface area contributed by atoms with Gasteiger partial charge in [-0.15, -0.1) is 6.58 Å². The summed E-state index contributed by atoms with van der Waals surface area (Å²) in [7, 11) is -3.42. The second kappa shape index (κ2) is 6.71. The van der Waals surface area contributed by atoms with Crippen LogP contribution in [0.5, 0.6) is 0 Å². The molecule has 0 saturated carbocycles. The number of benzene rings is 1. The highest BCUT2D eigenvalue weighted by atomic mass is 32.2. The number of rotatable bonds is 7. The van der Waals surface area contributed by atoms with Gasteiger partial charge in [0, 0.05) is 6.04 Å². The van der Waals surface area contributed by atoms with Crippen LogP contribution in [0, 0.1) is 6.92 Å². The van der Waals surface area contributed by atoms with Gasteiger partial charge in [-0.2, -0.15) is 0 Å². The maximum absolute atomic E-state index is 12.2. The molecule has 0 spiro atoms. The molecule has 3 nitrogen and oxygen atoms in total. The van der Waals surface area contributed by atoms with Gasteiger partial charge in [0.25, 0.3) is 0 Å². The molecular weight excluding hydrogens is 246 g/mol. The maximum atomic E-state index is 12.2. The van der Waals surface area contributed by atoms with Gasteiger partial charge in [0.1, 0.15) is 0 Å². The summed E-state index contributed by atoms with van der Waals surface area (Å²) in [5.74, 6) is 0. The van der Waals surface area contributed by atoms with Gasteiger partial charge in [0.05, 0.1) is 4.90 Å². The quantitative estimate of drug-likeness (QED) is 0.772. The minimum Gasteiger partial charge on any atom is -0.208 e. The molecular formula is C14H21NO2S. The van der Waals surface area contributed by atoms with E-state index in [0.717, 1.165) is 18.4 Å². The van der Waals surface area contributed by atoms with Crippen molar-refractivity contribution in [3.8, 4) is 0 Å². The SMILES string of the molecule is C=CC[C@@H](CCC)NS(=O)(=O)c1ccc(C)cc1. The summed E-state index contributed by atoms with van der Waals surface area (Å²) in [6.45, 7) is 7.63.